The minimum atomic E-state index is -0.766. The molecule has 0 unspecified atom stereocenters. The van der Waals surface area contributed by atoms with Crippen LogP contribution < -0.4 is 0 Å². The van der Waals surface area contributed by atoms with Crippen LogP contribution in [0.2, 0.25) is 0 Å². The molecule has 6 rings (SSSR count). The van der Waals surface area contributed by atoms with Crippen LogP contribution >= 0.6 is 0 Å². The fraction of sp³-hybridized carbons (Fsp3) is 0.500. The number of piperidine rings is 1. The van der Waals surface area contributed by atoms with Crippen LogP contribution in [0.15, 0.2) is 40.8 Å². The van der Waals surface area contributed by atoms with Crippen LogP contribution in [0.25, 0.3) is 21.9 Å². The lowest BCUT2D eigenvalue weighted by Crippen LogP contribution is -2.51. The van der Waals surface area contributed by atoms with Crippen molar-refractivity contribution in [2.75, 3.05) is 13.2 Å². The monoisotopic (exact) mass is 603 g/mol. The molecule has 1 amide bonds. The predicted octanol–water partition coefficient (Wildman–Crippen LogP) is 6.02. The number of Topliss-reactive ketones (excluding diaryl/α,β-unsaturated/α-hetero) is 2. The van der Waals surface area contributed by atoms with Gasteiger partial charge in [0.2, 0.25) is 0 Å². The Morgan fingerprint density at radius 2 is 1.36 bits per heavy atom. The molecule has 0 spiro atoms. The van der Waals surface area contributed by atoms with Crippen LogP contribution in [0, 0.1) is 11.8 Å². The molecular weight excluding hydrogens is 566 g/mol. The van der Waals surface area contributed by atoms with E-state index in [1.54, 1.807) is 57.2 Å². The SMILES string of the molecule is CC(C)(C)OC(=O)N1[C@@H]2CC[C@@H](C2)[C@H]1C(=O)OCC(=O)c1ccc2c(c1)oc1cc(C(=O)COC(=O)C3CCCC3)ccc12. The van der Waals surface area contributed by atoms with Crippen molar-refractivity contribution in [3.05, 3.63) is 47.5 Å². The molecule has 3 fully saturated rings. The summed E-state index contributed by atoms with van der Waals surface area (Å²) < 4.78 is 22.2. The maximum Gasteiger partial charge on any atom is 0.411 e. The van der Waals surface area contributed by atoms with Crippen molar-refractivity contribution >= 4 is 51.5 Å². The summed E-state index contributed by atoms with van der Waals surface area (Å²) in [6, 6.07) is 9.18. The molecule has 1 saturated heterocycles. The van der Waals surface area contributed by atoms with Crippen molar-refractivity contribution in [3.8, 4) is 0 Å². The van der Waals surface area contributed by atoms with Gasteiger partial charge in [-0.05, 0) is 83.1 Å². The van der Waals surface area contributed by atoms with E-state index in [0.29, 0.717) is 28.7 Å². The Bertz CT molecular complexity index is 1640. The van der Waals surface area contributed by atoms with Crippen LogP contribution in [-0.4, -0.2) is 65.4 Å². The smallest absolute Gasteiger partial charge is 0.411 e. The summed E-state index contributed by atoms with van der Waals surface area (Å²) in [5, 5.41) is 1.53. The molecule has 0 radical (unpaired) electrons. The normalized spacial score (nSPS) is 21.6. The van der Waals surface area contributed by atoms with E-state index >= 15 is 0 Å². The van der Waals surface area contributed by atoms with E-state index in [1.807, 2.05) is 0 Å². The molecule has 2 aromatic carbocycles. The van der Waals surface area contributed by atoms with E-state index in [9.17, 15) is 24.0 Å². The van der Waals surface area contributed by atoms with Crippen molar-refractivity contribution in [2.24, 2.45) is 11.8 Å². The average molecular weight is 604 g/mol. The Kier molecular flexibility index (Phi) is 7.94. The summed E-state index contributed by atoms with van der Waals surface area (Å²) in [5.74, 6) is -1.79. The van der Waals surface area contributed by atoms with Gasteiger partial charge in [0.25, 0.3) is 0 Å². The van der Waals surface area contributed by atoms with E-state index in [1.165, 1.54) is 4.90 Å². The second-order valence-electron chi connectivity index (χ2n) is 13.1. The third kappa shape index (κ3) is 5.94. The van der Waals surface area contributed by atoms with Gasteiger partial charge in [-0.2, -0.15) is 0 Å². The second-order valence-corrected chi connectivity index (χ2v) is 13.1. The Morgan fingerprint density at radius 3 is 1.93 bits per heavy atom. The zero-order valence-corrected chi connectivity index (χ0v) is 25.3. The molecule has 10 heteroatoms. The van der Waals surface area contributed by atoms with Crippen LogP contribution in [0.4, 0.5) is 4.79 Å². The summed E-state index contributed by atoms with van der Waals surface area (Å²) in [6.07, 6.45) is 5.43. The molecule has 3 aliphatic rings. The summed E-state index contributed by atoms with van der Waals surface area (Å²) in [5.41, 5.74) is 0.872. The highest BCUT2D eigenvalue weighted by Crippen LogP contribution is 2.43. The molecule has 3 atom stereocenters. The number of hydrogen-bond donors (Lipinski definition) is 0. The van der Waals surface area contributed by atoms with Crippen LogP contribution in [-0.2, 0) is 23.8 Å². The first-order valence-corrected chi connectivity index (χ1v) is 15.4. The summed E-state index contributed by atoms with van der Waals surface area (Å²) in [4.78, 5) is 65.4. The van der Waals surface area contributed by atoms with Crippen LogP contribution in [0.3, 0.4) is 0 Å². The number of ether oxygens (including phenoxy) is 3. The molecular formula is C34H37NO9. The number of fused-ring (bicyclic) bond motifs is 5. The fourth-order valence-corrected chi connectivity index (χ4v) is 6.80. The number of furan rings is 1. The van der Waals surface area contributed by atoms with Gasteiger partial charge in [0.05, 0.1) is 5.92 Å². The molecule has 1 aliphatic heterocycles. The van der Waals surface area contributed by atoms with Crippen LogP contribution in [0.5, 0.6) is 0 Å². The molecule has 2 heterocycles. The minimum absolute atomic E-state index is 0.0156. The summed E-state index contributed by atoms with van der Waals surface area (Å²) in [6.45, 7) is 4.53. The zero-order chi connectivity index (χ0) is 31.2. The number of esters is 2. The van der Waals surface area contributed by atoms with E-state index < -0.39 is 36.1 Å². The lowest BCUT2D eigenvalue weighted by atomic mass is 9.99. The molecule has 44 heavy (non-hydrogen) atoms. The number of rotatable bonds is 8. The van der Waals surface area contributed by atoms with Gasteiger partial charge in [0.15, 0.2) is 24.8 Å². The van der Waals surface area contributed by atoms with Crippen molar-refractivity contribution in [1.29, 1.82) is 0 Å². The zero-order valence-electron chi connectivity index (χ0n) is 25.3. The number of ketones is 2. The second kappa shape index (κ2) is 11.7. The minimum Gasteiger partial charge on any atom is -0.457 e. The van der Waals surface area contributed by atoms with E-state index in [-0.39, 0.29) is 36.2 Å². The molecule has 0 N–H and O–H groups in total. The molecule has 10 nitrogen and oxygen atoms in total. The lowest BCUT2D eigenvalue weighted by molar-refractivity contribution is -0.150. The highest BCUT2D eigenvalue weighted by molar-refractivity contribution is 6.10. The molecule has 232 valence electrons. The number of carbonyl (C=O) groups excluding carboxylic acids is 5. The molecule has 3 aromatic rings. The number of benzene rings is 2. The van der Waals surface area contributed by atoms with Gasteiger partial charge < -0.3 is 18.6 Å². The van der Waals surface area contributed by atoms with E-state index in [4.69, 9.17) is 18.6 Å². The van der Waals surface area contributed by atoms with E-state index in [0.717, 1.165) is 49.3 Å². The van der Waals surface area contributed by atoms with Crippen LogP contribution in [0.1, 0.15) is 86.4 Å². The number of hydrogen-bond acceptors (Lipinski definition) is 9. The van der Waals surface area contributed by atoms with Crippen molar-refractivity contribution < 1.29 is 42.6 Å². The van der Waals surface area contributed by atoms with Gasteiger partial charge in [-0.3, -0.25) is 19.3 Å². The fourth-order valence-electron chi connectivity index (χ4n) is 6.80. The third-order valence-electron chi connectivity index (χ3n) is 8.93. The van der Waals surface area contributed by atoms with Crippen molar-refractivity contribution in [3.63, 3.8) is 0 Å². The van der Waals surface area contributed by atoms with Gasteiger partial charge in [0, 0.05) is 27.9 Å². The van der Waals surface area contributed by atoms with Crippen molar-refractivity contribution in [2.45, 2.75) is 83.4 Å². The van der Waals surface area contributed by atoms with Crippen molar-refractivity contribution in [1.82, 2.24) is 4.90 Å². The first-order valence-electron chi connectivity index (χ1n) is 15.4. The Labute approximate surface area is 255 Å². The van der Waals surface area contributed by atoms with Gasteiger partial charge in [-0.15, -0.1) is 0 Å². The highest BCUT2D eigenvalue weighted by atomic mass is 16.6. The number of amides is 1. The molecule has 1 aromatic heterocycles. The third-order valence-corrected chi connectivity index (χ3v) is 8.93. The maximum atomic E-state index is 13.1. The maximum absolute atomic E-state index is 13.1. The quantitative estimate of drug-likeness (QED) is 0.172. The first kappa shape index (κ1) is 29.8. The molecule has 2 saturated carbocycles. The topological polar surface area (TPSA) is 129 Å². The van der Waals surface area contributed by atoms with Gasteiger partial charge in [-0.25, -0.2) is 9.59 Å². The summed E-state index contributed by atoms with van der Waals surface area (Å²) in [7, 11) is 0. The van der Waals surface area contributed by atoms with Gasteiger partial charge >= 0.3 is 18.0 Å². The first-order chi connectivity index (χ1) is 21.0. The average Bonchev–Trinajstić information content (AvgIpc) is 3.80. The molecule has 2 aliphatic carbocycles. The standard InChI is InChI=1S/C34H37NO9/c1-34(2,3)44-33(40)35-23-11-8-22(14-23)30(35)32(39)42-18-27(37)21-10-13-25-24-12-9-20(15-28(24)43-29(25)16-21)26(36)17-41-31(38)19-6-4-5-7-19/h9-10,12-13,15-16,19,22-23,30H,4-8,11,14,17-18H2,1-3H3/t22-,23+,30-/m0/s1. The van der Waals surface area contributed by atoms with Gasteiger partial charge in [0.1, 0.15) is 22.8 Å². The summed E-state index contributed by atoms with van der Waals surface area (Å²) >= 11 is 0. The number of carbonyl (C=O) groups is 5. The Morgan fingerprint density at radius 1 is 0.795 bits per heavy atom. The molecule has 2 bridgehead atoms. The predicted molar refractivity (Wildman–Crippen MR) is 159 cm³/mol. The largest absolute Gasteiger partial charge is 0.457 e. The van der Waals surface area contributed by atoms with Gasteiger partial charge in [-0.1, -0.05) is 25.0 Å². The number of likely N-dealkylation sites (tertiary alicyclic amines) is 1. The van der Waals surface area contributed by atoms with E-state index in [2.05, 4.69) is 0 Å². The number of nitrogens with zero attached hydrogens (tertiary/aromatic N) is 1. The lowest BCUT2D eigenvalue weighted by Gasteiger charge is -2.35. The Balaban J connectivity index is 1.10. The Hall–Kier alpha value is -4.21. The highest BCUT2D eigenvalue weighted by Gasteiger charge is 2.53.